The molecule has 4 nitrogen and oxygen atoms in total. The van der Waals surface area contributed by atoms with E-state index in [1.807, 2.05) is 0 Å². The lowest BCUT2D eigenvalue weighted by Crippen LogP contribution is -2.16. The molecular formula is C9H11O4-. The average molecular weight is 183 g/mol. The van der Waals surface area contributed by atoms with Crippen LogP contribution in [0, 0.1) is 11.8 Å². The van der Waals surface area contributed by atoms with E-state index in [9.17, 15) is 9.90 Å². The van der Waals surface area contributed by atoms with Crippen LogP contribution in [-0.2, 0) is 14.3 Å². The normalized spacial score (nSPS) is 10.7. The second kappa shape index (κ2) is 5.95. The minimum absolute atomic E-state index is 0.0514. The van der Waals surface area contributed by atoms with Crippen LogP contribution in [0.3, 0.4) is 0 Å². The predicted molar refractivity (Wildman–Crippen MR) is 44.1 cm³/mol. The molecule has 0 amide bonds. The molecule has 0 saturated carbocycles. The Morgan fingerprint density at radius 1 is 1.38 bits per heavy atom. The fraction of sp³-hybridized carbons (Fsp3) is 0.444. The smallest absolute Gasteiger partial charge is 0.336 e. The maximum absolute atomic E-state index is 11.0. The summed E-state index contributed by atoms with van der Waals surface area (Å²) in [6, 6.07) is 0. The third-order valence-electron chi connectivity index (χ3n) is 1.31. The maximum Gasteiger partial charge on any atom is 0.336 e. The summed E-state index contributed by atoms with van der Waals surface area (Å²) in [4.78, 5) is 11.0. The molecule has 0 N–H and O–H groups in total. The Labute approximate surface area is 77.2 Å². The van der Waals surface area contributed by atoms with E-state index in [1.54, 1.807) is 6.92 Å². The summed E-state index contributed by atoms with van der Waals surface area (Å²) in [5, 5.41) is 11.0. The Morgan fingerprint density at radius 2 is 2.00 bits per heavy atom. The van der Waals surface area contributed by atoms with Gasteiger partial charge < -0.3 is 14.6 Å². The highest BCUT2D eigenvalue weighted by atomic mass is 16.6. The Balaban J connectivity index is 4.71. The van der Waals surface area contributed by atoms with Crippen molar-refractivity contribution in [2.45, 2.75) is 13.3 Å². The van der Waals surface area contributed by atoms with Gasteiger partial charge in [0.25, 0.3) is 0 Å². The average Bonchev–Trinajstić information content (AvgIpc) is 2.17. The molecule has 0 saturated heterocycles. The van der Waals surface area contributed by atoms with E-state index in [1.165, 1.54) is 14.2 Å². The van der Waals surface area contributed by atoms with Gasteiger partial charge in [0, 0.05) is 6.42 Å². The first kappa shape index (κ1) is 11.4. The van der Waals surface area contributed by atoms with E-state index in [-0.39, 0.29) is 12.0 Å². The molecule has 0 aliphatic carbocycles. The van der Waals surface area contributed by atoms with Crippen molar-refractivity contribution in [3.8, 4) is 11.8 Å². The van der Waals surface area contributed by atoms with Crippen LogP contribution in [0.5, 0.6) is 0 Å². The highest BCUT2D eigenvalue weighted by Crippen LogP contribution is 2.06. The quantitative estimate of drug-likeness (QED) is 0.263. The van der Waals surface area contributed by atoms with Gasteiger partial charge in [-0.2, -0.15) is 0 Å². The van der Waals surface area contributed by atoms with Crippen LogP contribution in [0.1, 0.15) is 13.3 Å². The van der Waals surface area contributed by atoms with Gasteiger partial charge in [-0.15, -0.1) is 5.92 Å². The van der Waals surface area contributed by atoms with Crippen molar-refractivity contribution in [1.29, 1.82) is 0 Å². The number of esters is 1. The molecule has 0 aliphatic heterocycles. The lowest BCUT2D eigenvalue weighted by atomic mass is 10.2. The SMILES string of the molecule is CC#CC/C(C(=O)OC)=C(\[O-])OC. The van der Waals surface area contributed by atoms with Crippen LogP contribution in [0.25, 0.3) is 0 Å². The molecule has 0 aromatic heterocycles. The molecular weight excluding hydrogens is 172 g/mol. The molecule has 0 atom stereocenters. The fourth-order valence-electron chi connectivity index (χ4n) is 0.651. The lowest BCUT2D eigenvalue weighted by Gasteiger charge is -2.12. The number of hydrogen-bond donors (Lipinski definition) is 0. The van der Waals surface area contributed by atoms with Crippen molar-refractivity contribution < 1.29 is 19.4 Å². The Kier molecular flexibility index (Phi) is 5.20. The topological polar surface area (TPSA) is 58.6 Å². The van der Waals surface area contributed by atoms with E-state index in [0.29, 0.717) is 0 Å². The van der Waals surface area contributed by atoms with Crippen LogP contribution in [-0.4, -0.2) is 20.2 Å². The van der Waals surface area contributed by atoms with Crippen LogP contribution in [0.2, 0.25) is 0 Å². The third-order valence-corrected chi connectivity index (χ3v) is 1.31. The van der Waals surface area contributed by atoms with Gasteiger partial charge in [0.05, 0.1) is 18.6 Å². The molecule has 72 valence electrons. The second-order valence-electron chi connectivity index (χ2n) is 2.07. The van der Waals surface area contributed by atoms with Gasteiger partial charge in [-0.25, -0.2) is 4.79 Å². The van der Waals surface area contributed by atoms with Crippen LogP contribution < -0.4 is 5.11 Å². The fourth-order valence-corrected chi connectivity index (χ4v) is 0.651. The van der Waals surface area contributed by atoms with Crippen molar-refractivity contribution in [3.05, 3.63) is 11.5 Å². The van der Waals surface area contributed by atoms with E-state index in [2.05, 4.69) is 21.3 Å². The summed E-state index contributed by atoms with van der Waals surface area (Å²) in [6.45, 7) is 1.62. The van der Waals surface area contributed by atoms with Gasteiger partial charge in [-0.1, -0.05) is 5.92 Å². The zero-order valence-electron chi connectivity index (χ0n) is 7.84. The molecule has 0 unspecified atom stereocenters. The molecule has 4 heteroatoms. The van der Waals surface area contributed by atoms with Gasteiger partial charge in [-0.3, -0.25) is 0 Å². The standard InChI is InChI=1S/C9H12O4/c1-4-5-6-7(8(10)12-2)9(11)13-3/h10H,6H2,1-3H3/p-1/b8-7-. The zero-order chi connectivity index (χ0) is 10.3. The Morgan fingerprint density at radius 3 is 2.38 bits per heavy atom. The molecule has 0 fully saturated rings. The number of carbonyl (C=O) groups excluding carboxylic acids is 1. The number of ether oxygens (including phenoxy) is 2. The molecule has 0 heterocycles. The molecule has 0 aromatic carbocycles. The van der Waals surface area contributed by atoms with Crippen LogP contribution >= 0.6 is 0 Å². The molecule has 0 rings (SSSR count). The van der Waals surface area contributed by atoms with Crippen molar-refractivity contribution in [3.63, 3.8) is 0 Å². The van der Waals surface area contributed by atoms with Gasteiger partial charge in [-0.05, 0) is 14.0 Å². The number of rotatable bonds is 3. The zero-order valence-corrected chi connectivity index (χ0v) is 7.84. The Hall–Kier alpha value is -1.63. The van der Waals surface area contributed by atoms with E-state index >= 15 is 0 Å². The molecule has 0 radical (unpaired) electrons. The summed E-state index contributed by atoms with van der Waals surface area (Å²) in [6.07, 6.45) is 0.0514. The molecule has 0 aromatic rings. The molecule has 13 heavy (non-hydrogen) atoms. The maximum atomic E-state index is 11.0. The summed E-state index contributed by atoms with van der Waals surface area (Å²) >= 11 is 0. The van der Waals surface area contributed by atoms with Crippen molar-refractivity contribution >= 4 is 5.97 Å². The highest BCUT2D eigenvalue weighted by molar-refractivity contribution is 5.88. The summed E-state index contributed by atoms with van der Waals surface area (Å²) in [5.74, 6) is 3.76. The van der Waals surface area contributed by atoms with E-state index < -0.39 is 11.9 Å². The monoisotopic (exact) mass is 183 g/mol. The first-order valence-corrected chi connectivity index (χ1v) is 3.59. The number of hydrogen-bond acceptors (Lipinski definition) is 4. The van der Waals surface area contributed by atoms with Gasteiger partial charge in [0.1, 0.15) is 0 Å². The van der Waals surface area contributed by atoms with Crippen molar-refractivity contribution in [2.75, 3.05) is 14.2 Å². The van der Waals surface area contributed by atoms with Gasteiger partial charge in [0.15, 0.2) is 0 Å². The van der Waals surface area contributed by atoms with Gasteiger partial charge in [0.2, 0.25) is 0 Å². The largest absolute Gasteiger partial charge is 0.616 e. The van der Waals surface area contributed by atoms with Crippen molar-refractivity contribution in [1.82, 2.24) is 0 Å². The van der Waals surface area contributed by atoms with E-state index in [4.69, 9.17) is 0 Å². The predicted octanol–water partition coefficient (Wildman–Crippen LogP) is -0.209. The number of carbonyl (C=O) groups is 1. The second-order valence-corrected chi connectivity index (χ2v) is 2.07. The van der Waals surface area contributed by atoms with Gasteiger partial charge >= 0.3 is 5.97 Å². The van der Waals surface area contributed by atoms with E-state index in [0.717, 1.165) is 0 Å². The third kappa shape index (κ3) is 3.52. The molecule has 0 spiro atoms. The molecule has 0 aliphatic rings. The van der Waals surface area contributed by atoms with Crippen molar-refractivity contribution in [2.24, 2.45) is 0 Å². The Bertz CT molecular complexity index is 267. The van der Waals surface area contributed by atoms with Crippen LogP contribution in [0.4, 0.5) is 0 Å². The van der Waals surface area contributed by atoms with Crippen LogP contribution in [0.15, 0.2) is 11.5 Å². The summed E-state index contributed by atoms with van der Waals surface area (Å²) in [5.41, 5.74) is -0.0839. The summed E-state index contributed by atoms with van der Waals surface area (Å²) in [7, 11) is 2.40. The first-order chi connectivity index (χ1) is 6.17. The first-order valence-electron chi connectivity index (χ1n) is 3.59. The highest BCUT2D eigenvalue weighted by Gasteiger charge is 2.09. The lowest BCUT2D eigenvalue weighted by molar-refractivity contribution is -0.355. The number of methoxy groups -OCH3 is 2. The molecule has 0 bridgehead atoms. The minimum Gasteiger partial charge on any atom is -0.616 e. The summed E-state index contributed by atoms with van der Waals surface area (Å²) < 4.78 is 8.78. The minimum atomic E-state index is -0.699.